The first-order valence-electron chi connectivity index (χ1n) is 7.93. The van der Waals surface area contributed by atoms with Gasteiger partial charge in [-0.1, -0.05) is 12.8 Å². The zero-order chi connectivity index (χ0) is 14.7. The smallest absolute Gasteiger partial charge is 0.226 e. The summed E-state index contributed by atoms with van der Waals surface area (Å²) >= 11 is 1.67. The Balaban J connectivity index is 1.57. The topological polar surface area (TPSA) is 62.5 Å². The molecule has 3 rings (SSSR count). The van der Waals surface area contributed by atoms with Gasteiger partial charge in [0.05, 0.1) is 0 Å². The second kappa shape index (κ2) is 6.75. The molecule has 6 heteroatoms. The number of nitrogens with zero attached hydrogens (tertiary/aromatic N) is 3. The van der Waals surface area contributed by atoms with Gasteiger partial charge in [-0.05, 0) is 25.3 Å². The highest BCUT2D eigenvalue weighted by atomic mass is 32.1. The number of anilines is 1. The lowest BCUT2D eigenvalue weighted by Crippen LogP contribution is -2.52. The van der Waals surface area contributed by atoms with Gasteiger partial charge in [0.25, 0.3) is 0 Å². The minimum Gasteiger partial charge on any atom is -0.345 e. The maximum absolute atomic E-state index is 12.8. The lowest BCUT2D eigenvalue weighted by molar-refractivity contribution is -0.138. The van der Waals surface area contributed by atoms with Crippen LogP contribution in [-0.2, 0) is 4.79 Å². The van der Waals surface area contributed by atoms with Crippen molar-refractivity contribution in [1.29, 1.82) is 0 Å². The molecule has 116 valence electrons. The van der Waals surface area contributed by atoms with Crippen LogP contribution in [0.4, 0.5) is 5.13 Å². The molecule has 0 radical (unpaired) electrons. The van der Waals surface area contributed by atoms with Crippen molar-refractivity contribution in [2.75, 3.05) is 37.6 Å². The Morgan fingerprint density at radius 3 is 2.71 bits per heavy atom. The summed E-state index contributed by atoms with van der Waals surface area (Å²) in [6, 6.07) is 0. The molecule has 2 fully saturated rings. The SMILES string of the molecule is NCC1CCCCC1C(=O)N1CCN(c2nccs2)CC1. The summed E-state index contributed by atoms with van der Waals surface area (Å²) < 4.78 is 0. The van der Waals surface area contributed by atoms with Crippen LogP contribution in [0.5, 0.6) is 0 Å². The van der Waals surface area contributed by atoms with Crippen LogP contribution < -0.4 is 10.6 Å². The van der Waals surface area contributed by atoms with E-state index in [4.69, 9.17) is 5.73 Å². The van der Waals surface area contributed by atoms with Gasteiger partial charge in [-0.15, -0.1) is 11.3 Å². The van der Waals surface area contributed by atoms with E-state index in [1.807, 2.05) is 16.5 Å². The molecule has 2 heterocycles. The second-order valence-electron chi connectivity index (χ2n) is 6.01. The van der Waals surface area contributed by atoms with Gasteiger partial charge in [0.1, 0.15) is 0 Å². The van der Waals surface area contributed by atoms with Gasteiger partial charge in [-0.3, -0.25) is 4.79 Å². The zero-order valence-corrected chi connectivity index (χ0v) is 13.2. The molecule has 0 bridgehead atoms. The van der Waals surface area contributed by atoms with Crippen LogP contribution in [0, 0.1) is 11.8 Å². The molecule has 0 aromatic carbocycles. The minimum atomic E-state index is 0.162. The van der Waals surface area contributed by atoms with E-state index < -0.39 is 0 Å². The highest BCUT2D eigenvalue weighted by molar-refractivity contribution is 7.13. The predicted octanol–water partition coefficient (Wildman–Crippen LogP) is 1.56. The van der Waals surface area contributed by atoms with Crippen LogP contribution in [-0.4, -0.2) is 48.5 Å². The molecule has 2 aliphatic rings. The number of thiazole rings is 1. The number of carbonyl (C=O) groups is 1. The maximum atomic E-state index is 12.8. The third-order valence-electron chi connectivity index (χ3n) is 4.81. The second-order valence-corrected chi connectivity index (χ2v) is 6.89. The fourth-order valence-electron chi connectivity index (χ4n) is 3.54. The fraction of sp³-hybridized carbons (Fsp3) is 0.733. The van der Waals surface area contributed by atoms with Gasteiger partial charge < -0.3 is 15.5 Å². The number of piperazine rings is 1. The molecule has 2 unspecified atom stereocenters. The summed E-state index contributed by atoms with van der Waals surface area (Å²) in [5, 5.41) is 3.07. The Morgan fingerprint density at radius 1 is 1.29 bits per heavy atom. The van der Waals surface area contributed by atoms with Crippen molar-refractivity contribution >= 4 is 22.4 Å². The summed E-state index contributed by atoms with van der Waals surface area (Å²) in [6.45, 7) is 4.05. The zero-order valence-electron chi connectivity index (χ0n) is 12.4. The molecule has 1 aliphatic heterocycles. The van der Waals surface area contributed by atoms with Gasteiger partial charge in [0.15, 0.2) is 5.13 Å². The van der Waals surface area contributed by atoms with E-state index in [0.717, 1.165) is 44.2 Å². The van der Waals surface area contributed by atoms with Crippen LogP contribution in [0.25, 0.3) is 0 Å². The summed E-state index contributed by atoms with van der Waals surface area (Å²) in [6.07, 6.45) is 6.38. The highest BCUT2D eigenvalue weighted by Gasteiger charge is 2.34. The van der Waals surface area contributed by atoms with Crippen molar-refractivity contribution in [3.8, 4) is 0 Å². The standard InChI is InChI=1S/C15H24N4OS/c16-11-12-3-1-2-4-13(12)14(20)18-6-8-19(9-7-18)15-17-5-10-21-15/h5,10,12-13H,1-4,6-9,11,16H2. The Bertz CT molecular complexity index is 456. The quantitative estimate of drug-likeness (QED) is 0.920. The first-order chi connectivity index (χ1) is 10.3. The van der Waals surface area contributed by atoms with E-state index in [9.17, 15) is 4.79 Å². The van der Waals surface area contributed by atoms with Crippen LogP contribution in [0.2, 0.25) is 0 Å². The minimum absolute atomic E-state index is 0.162. The number of amides is 1. The highest BCUT2D eigenvalue weighted by Crippen LogP contribution is 2.31. The lowest BCUT2D eigenvalue weighted by atomic mass is 9.78. The van der Waals surface area contributed by atoms with Gasteiger partial charge >= 0.3 is 0 Å². The Labute approximate surface area is 130 Å². The number of carbonyl (C=O) groups excluding carboxylic acids is 1. The van der Waals surface area contributed by atoms with Crippen LogP contribution in [0.1, 0.15) is 25.7 Å². The molecular weight excluding hydrogens is 284 g/mol. The third-order valence-corrected chi connectivity index (χ3v) is 5.64. The molecule has 1 aromatic rings. The molecule has 5 nitrogen and oxygen atoms in total. The van der Waals surface area contributed by atoms with Gasteiger partial charge in [-0.2, -0.15) is 0 Å². The summed E-state index contributed by atoms with van der Waals surface area (Å²) in [4.78, 5) is 21.4. The molecule has 21 heavy (non-hydrogen) atoms. The molecule has 1 aliphatic carbocycles. The monoisotopic (exact) mass is 308 g/mol. The van der Waals surface area contributed by atoms with E-state index in [2.05, 4.69) is 9.88 Å². The average molecular weight is 308 g/mol. The van der Waals surface area contributed by atoms with Crippen molar-refractivity contribution in [1.82, 2.24) is 9.88 Å². The van der Waals surface area contributed by atoms with Gasteiger partial charge in [0.2, 0.25) is 5.91 Å². The number of hydrogen-bond donors (Lipinski definition) is 1. The van der Waals surface area contributed by atoms with Crippen molar-refractivity contribution in [2.24, 2.45) is 17.6 Å². The average Bonchev–Trinajstić information content (AvgIpc) is 3.09. The van der Waals surface area contributed by atoms with Crippen LogP contribution >= 0.6 is 11.3 Å². The summed E-state index contributed by atoms with van der Waals surface area (Å²) in [5.41, 5.74) is 5.86. The van der Waals surface area contributed by atoms with Gasteiger partial charge in [-0.25, -0.2) is 4.98 Å². The third kappa shape index (κ3) is 3.21. The molecule has 1 saturated heterocycles. The van der Waals surface area contributed by atoms with Gasteiger partial charge in [0, 0.05) is 43.7 Å². The van der Waals surface area contributed by atoms with E-state index in [1.165, 1.54) is 12.8 Å². The van der Waals surface area contributed by atoms with Crippen molar-refractivity contribution < 1.29 is 4.79 Å². The Kier molecular flexibility index (Phi) is 4.75. The van der Waals surface area contributed by atoms with E-state index in [-0.39, 0.29) is 5.92 Å². The van der Waals surface area contributed by atoms with Crippen molar-refractivity contribution in [3.05, 3.63) is 11.6 Å². The molecule has 1 amide bonds. The normalized spacial score (nSPS) is 26.9. The number of hydrogen-bond acceptors (Lipinski definition) is 5. The summed E-state index contributed by atoms with van der Waals surface area (Å²) in [7, 11) is 0. The van der Waals surface area contributed by atoms with Crippen molar-refractivity contribution in [3.63, 3.8) is 0 Å². The van der Waals surface area contributed by atoms with Crippen molar-refractivity contribution in [2.45, 2.75) is 25.7 Å². The fourth-order valence-corrected chi connectivity index (χ4v) is 4.24. The number of aromatic nitrogens is 1. The molecule has 1 saturated carbocycles. The first kappa shape index (κ1) is 14.8. The number of nitrogens with two attached hydrogens (primary N) is 1. The number of rotatable bonds is 3. The Morgan fingerprint density at radius 2 is 2.05 bits per heavy atom. The first-order valence-corrected chi connectivity index (χ1v) is 8.81. The molecule has 1 aromatic heterocycles. The molecule has 0 spiro atoms. The van der Waals surface area contributed by atoms with E-state index in [1.54, 1.807) is 11.3 Å². The lowest BCUT2D eigenvalue weighted by Gasteiger charge is -2.39. The maximum Gasteiger partial charge on any atom is 0.226 e. The largest absolute Gasteiger partial charge is 0.345 e. The summed E-state index contributed by atoms with van der Waals surface area (Å²) in [5.74, 6) is 0.891. The van der Waals surface area contributed by atoms with E-state index in [0.29, 0.717) is 18.4 Å². The predicted molar refractivity (Wildman–Crippen MR) is 85.4 cm³/mol. The Hall–Kier alpha value is -1.14. The molecular formula is C15H24N4OS. The molecule has 2 atom stereocenters. The van der Waals surface area contributed by atoms with Crippen LogP contribution in [0.3, 0.4) is 0 Å². The molecule has 2 N–H and O–H groups in total. The van der Waals surface area contributed by atoms with E-state index >= 15 is 0 Å². The van der Waals surface area contributed by atoms with Crippen LogP contribution in [0.15, 0.2) is 11.6 Å².